The minimum Gasteiger partial charge on any atom is -0.355 e. The van der Waals surface area contributed by atoms with Gasteiger partial charge in [-0.05, 0) is 46.1 Å². The predicted octanol–water partition coefficient (Wildman–Crippen LogP) is 3.70. The Morgan fingerprint density at radius 1 is 1.14 bits per heavy atom. The maximum Gasteiger partial charge on any atom is 0.192 e. The molecule has 0 unspecified atom stereocenters. The molecule has 0 radical (unpaired) electrons. The molecule has 0 aliphatic rings. The summed E-state index contributed by atoms with van der Waals surface area (Å²) in [6.45, 7) is 0. The van der Waals surface area contributed by atoms with Crippen LogP contribution < -0.4 is 0 Å². The summed E-state index contributed by atoms with van der Waals surface area (Å²) in [6.07, 6.45) is 1.62. The third-order valence-electron chi connectivity index (χ3n) is 3.10. The van der Waals surface area contributed by atoms with Gasteiger partial charge in [-0.2, -0.15) is 4.68 Å². The van der Waals surface area contributed by atoms with Gasteiger partial charge >= 0.3 is 0 Å². The molecule has 0 aliphatic heterocycles. The SMILES string of the molecule is Clc1ccc(-n2nnnc2-c2cnoc2-c2cccs2)cc1. The molecular formula is C14H8ClN5OS. The Hall–Kier alpha value is -2.51. The molecule has 0 aliphatic carbocycles. The van der Waals surface area contributed by atoms with E-state index in [0.717, 1.165) is 16.1 Å². The summed E-state index contributed by atoms with van der Waals surface area (Å²) in [7, 11) is 0. The Bertz CT molecular complexity index is 898. The number of nitrogens with zero attached hydrogens (tertiary/aromatic N) is 5. The van der Waals surface area contributed by atoms with Crippen molar-refractivity contribution < 1.29 is 4.52 Å². The Kier molecular flexibility index (Phi) is 3.21. The number of benzene rings is 1. The van der Waals surface area contributed by atoms with Gasteiger partial charge in [0.1, 0.15) is 0 Å². The van der Waals surface area contributed by atoms with E-state index in [1.165, 1.54) is 0 Å². The second-order valence-corrected chi connectivity index (χ2v) is 5.82. The minimum absolute atomic E-state index is 0.562. The zero-order valence-corrected chi connectivity index (χ0v) is 12.6. The van der Waals surface area contributed by atoms with E-state index in [2.05, 4.69) is 20.7 Å². The third kappa shape index (κ3) is 2.20. The largest absolute Gasteiger partial charge is 0.355 e. The van der Waals surface area contributed by atoms with Crippen LogP contribution in [0.25, 0.3) is 27.7 Å². The molecule has 1 aromatic carbocycles. The average Bonchev–Trinajstić information content (AvgIpc) is 3.27. The smallest absolute Gasteiger partial charge is 0.192 e. The van der Waals surface area contributed by atoms with Crippen LogP contribution in [0.2, 0.25) is 5.02 Å². The highest BCUT2D eigenvalue weighted by Gasteiger charge is 2.20. The topological polar surface area (TPSA) is 69.6 Å². The van der Waals surface area contributed by atoms with Crippen molar-refractivity contribution in [3.05, 3.63) is 53.0 Å². The third-order valence-corrected chi connectivity index (χ3v) is 4.22. The fourth-order valence-electron chi connectivity index (χ4n) is 2.10. The van der Waals surface area contributed by atoms with Crippen LogP contribution in [0.5, 0.6) is 0 Å². The van der Waals surface area contributed by atoms with Crippen LogP contribution in [0.4, 0.5) is 0 Å². The number of hydrogen-bond acceptors (Lipinski definition) is 6. The van der Waals surface area contributed by atoms with E-state index < -0.39 is 0 Å². The summed E-state index contributed by atoms with van der Waals surface area (Å²) < 4.78 is 7.00. The lowest BCUT2D eigenvalue weighted by Crippen LogP contribution is -1.99. The van der Waals surface area contributed by atoms with Gasteiger partial charge in [0.2, 0.25) is 0 Å². The van der Waals surface area contributed by atoms with Gasteiger partial charge in [0.25, 0.3) is 0 Å². The van der Waals surface area contributed by atoms with Crippen LogP contribution in [0.15, 0.2) is 52.5 Å². The summed E-state index contributed by atoms with van der Waals surface area (Å²) >= 11 is 7.49. The number of rotatable bonds is 3. The lowest BCUT2D eigenvalue weighted by atomic mass is 10.2. The van der Waals surface area contributed by atoms with Crippen LogP contribution >= 0.6 is 22.9 Å². The maximum absolute atomic E-state index is 5.92. The van der Waals surface area contributed by atoms with Crippen LogP contribution in [0.3, 0.4) is 0 Å². The first-order valence-corrected chi connectivity index (χ1v) is 7.62. The number of hydrogen-bond donors (Lipinski definition) is 0. The summed E-state index contributed by atoms with van der Waals surface area (Å²) in [4.78, 5) is 0.971. The number of tetrazole rings is 1. The highest BCUT2D eigenvalue weighted by atomic mass is 35.5. The quantitative estimate of drug-likeness (QED) is 0.573. The number of aromatic nitrogens is 5. The van der Waals surface area contributed by atoms with E-state index >= 15 is 0 Å². The fraction of sp³-hybridized carbons (Fsp3) is 0. The Balaban J connectivity index is 1.84. The van der Waals surface area contributed by atoms with Gasteiger partial charge in [0.15, 0.2) is 11.6 Å². The minimum atomic E-state index is 0.562. The van der Waals surface area contributed by atoms with E-state index in [0.29, 0.717) is 16.6 Å². The van der Waals surface area contributed by atoms with E-state index in [1.54, 1.807) is 34.3 Å². The summed E-state index contributed by atoms with van der Waals surface area (Å²) in [5.41, 5.74) is 1.55. The Labute approximate surface area is 133 Å². The summed E-state index contributed by atoms with van der Waals surface area (Å²) in [5, 5.41) is 18.4. The van der Waals surface area contributed by atoms with Crippen LogP contribution in [0.1, 0.15) is 0 Å². The number of thiophene rings is 1. The van der Waals surface area contributed by atoms with Crippen molar-refractivity contribution in [3.8, 4) is 27.7 Å². The first kappa shape index (κ1) is 13.2. The number of halogens is 1. The van der Waals surface area contributed by atoms with E-state index in [1.807, 2.05) is 29.6 Å². The lowest BCUT2D eigenvalue weighted by Gasteiger charge is -2.03. The predicted molar refractivity (Wildman–Crippen MR) is 83.0 cm³/mol. The van der Waals surface area contributed by atoms with E-state index in [-0.39, 0.29) is 0 Å². The van der Waals surface area contributed by atoms with Crippen molar-refractivity contribution in [1.29, 1.82) is 0 Å². The monoisotopic (exact) mass is 329 g/mol. The normalized spacial score (nSPS) is 11.0. The highest BCUT2D eigenvalue weighted by Crippen LogP contribution is 2.34. The van der Waals surface area contributed by atoms with E-state index in [4.69, 9.17) is 16.1 Å². The van der Waals surface area contributed by atoms with Crippen molar-refractivity contribution in [2.24, 2.45) is 0 Å². The zero-order valence-electron chi connectivity index (χ0n) is 11.0. The molecule has 0 spiro atoms. The molecule has 0 atom stereocenters. The molecule has 0 amide bonds. The van der Waals surface area contributed by atoms with Gasteiger partial charge in [0, 0.05) is 5.02 Å². The van der Waals surface area contributed by atoms with Gasteiger partial charge in [-0.15, -0.1) is 16.4 Å². The van der Waals surface area contributed by atoms with Crippen LogP contribution in [-0.4, -0.2) is 25.4 Å². The Morgan fingerprint density at radius 2 is 2.00 bits per heavy atom. The molecule has 6 nitrogen and oxygen atoms in total. The standard InChI is InChI=1S/C14H8ClN5OS/c15-9-3-5-10(6-4-9)20-14(17-18-19-20)11-8-16-21-13(11)12-2-1-7-22-12/h1-8H. The van der Waals surface area contributed by atoms with Crippen molar-refractivity contribution in [2.45, 2.75) is 0 Å². The van der Waals surface area contributed by atoms with Crippen molar-refractivity contribution in [1.82, 2.24) is 25.4 Å². The van der Waals surface area contributed by atoms with Crippen molar-refractivity contribution in [3.63, 3.8) is 0 Å². The van der Waals surface area contributed by atoms with Gasteiger partial charge in [0.05, 0.1) is 22.3 Å². The van der Waals surface area contributed by atoms with Crippen molar-refractivity contribution in [2.75, 3.05) is 0 Å². The lowest BCUT2D eigenvalue weighted by molar-refractivity contribution is 0.433. The molecule has 0 saturated heterocycles. The molecule has 8 heteroatoms. The molecule has 22 heavy (non-hydrogen) atoms. The highest BCUT2D eigenvalue weighted by molar-refractivity contribution is 7.13. The van der Waals surface area contributed by atoms with Crippen LogP contribution in [0, 0.1) is 0 Å². The first-order valence-electron chi connectivity index (χ1n) is 6.36. The molecule has 0 bridgehead atoms. The molecule has 3 aromatic heterocycles. The molecule has 3 heterocycles. The summed E-state index contributed by atoms with van der Waals surface area (Å²) in [5.74, 6) is 1.21. The zero-order chi connectivity index (χ0) is 14.9. The van der Waals surface area contributed by atoms with Gasteiger partial charge in [-0.1, -0.05) is 22.8 Å². The second kappa shape index (κ2) is 5.36. The fourth-order valence-corrected chi connectivity index (χ4v) is 2.94. The summed E-state index contributed by atoms with van der Waals surface area (Å²) in [6, 6.07) is 11.2. The maximum atomic E-state index is 5.92. The molecular weight excluding hydrogens is 322 g/mol. The van der Waals surface area contributed by atoms with Crippen molar-refractivity contribution >= 4 is 22.9 Å². The molecule has 0 N–H and O–H groups in total. The Morgan fingerprint density at radius 3 is 2.77 bits per heavy atom. The molecule has 108 valence electrons. The molecule has 0 saturated carbocycles. The van der Waals surface area contributed by atoms with Crippen LogP contribution in [-0.2, 0) is 0 Å². The van der Waals surface area contributed by atoms with Gasteiger partial charge < -0.3 is 4.52 Å². The average molecular weight is 330 g/mol. The second-order valence-electron chi connectivity index (χ2n) is 4.44. The molecule has 0 fully saturated rings. The van der Waals surface area contributed by atoms with E-state index in [9.17, 15) is 0 Å². The molecule has 4 aromatic rings. The van der Waals surface area contributed by atoms with Gasteiger partial charge in [-0.3, -0.25) is 0 Å². The van der Waals surface area contributed by atoms with Gasteiger partial charge in [-0.25, -0.2) is 0 Å². The first-order chi connectivity index (χ1) is 10.8. The molecule has 4 rings (SSSR count).